The molecule has 0 aliphatic carbocycles. The number of thiazole rings is 1. The largest absolute Gasteiger partial charge is 0.417 e. The maximum absolute atomic E-state index is 12.7. The maximum Gasteiger partial charge on any atom is 0.417 e. The lowest BCUT2D eigenvalue weighted by atomic mass is 10.2. The van der Waals surface area contributed by atoms with Gasteiger partial charge in [0, 0.05) is 16.9 Å². The Hall–Kier alpha value is -1.62. The summed E-state index contributed by atoms with van der Waals surface area (Å²) >= 11 is 6.55. The van der Waals surface area contributed by atoms with Gasteiger partial charge in [-0.15, -0.1) is 0 Å². The fourth-order valence-corrected chi connectivity index (χ4v) is 4.12. The number of rotatable bonds is 2. The smallest absolute Gasteiger partial charge is 0.256 e. The Kier molecular flexibility index (Phi) is 4.34. The van der Waals surface area contributed by atoms with E-state index < -0.39 is 25.7 Å². The first kappa shape index (κ1) is 18.2. The molecule has 0 aliphatic heterocycles. The lowest BCUT2D eigenvalue weighted by molar-refractivity contribution is -0.137. The molecule has 0 spiro atoms. The number of fused-ring (bicyclic) bond motifs is 1. The summed E-state index contributed by atoms with van der Waals surface area (Å²) in [7, 11) is 1.27. The highest BCUT2D eigenvalue weighted by Crippen LogP contribution is 2.33. The Morgan fingerprint density at radius 1 is 1.20 bits per heavy atom. The van der Waals surface area contributed by atoms with Crippen molar-refractivity contribution in [1.29, 1.82) is 0 Å². The summed E-state index contributed by atoms with van der Waals surface area (Å²) in [6.45, 7) is 0. The van der Waals surface area contributed by atoms with Gasteiger partial charge in [-0.1, -0.05) is 22.9 Å². The second kappa shape index (κ2) is 5.97. The molecule has 0 aliphatic rings. The highest BCUT2D eigenvalue weighted by atomic mass is 35.7. The van der Waals surface area contributed by atoms with Crippen LogP contribution in [0.5, 0.6) is 0 Å². The normalized spacial score (nSPS) is 12.7. The van der Waals surface area contributed by atoms with E-state index in [1.807, 2.05) is 0 Å². The molecular weight excluding hydrogens is 424 g/mol. The molecular formula is C13H5Cl2F3N2O3S2. The molecule has 2 aromatic heterocycles. The molecule has 0 radical (unpaired) electrons. The zero-order valence-corrected chi connectivity index (χ0v) is 14.9. The molecule has 0 saturated heterocycles. The lowest BCUT2D eigenvalue weighted by Crippen LogP contribution is -2.14. The molecule has 12 heteroatoms. The van der Waals surface area contributed by atoms with Crippen LogP contribution in [0.15, 0.2) is 40.2 Å². The van der Waals surface area contributed by atoms with Crippen LogP contribution in [0.3, 0.4) is 0 Å². The van der Waals surface area contributed by atoms with Crippen LogP contribution < -0.4 is 4.87 Å². The van der Waals surface area contributed by atoms with Gasteiger partial charge < -0.3 is 0 Å². The van der Waals surface area contributed by atoms with Crippen molar-refractivity contribution < 1.29 is 21.6 Å². The summed E-state index contributed by atoms with van der Waals surface area (Å²) < 4.78 is 62.1. The van der Waals surface area contributed by atoms with Gasteiger partial charge in [0.25, 0.3) is 9.05 Å². The molecule has 0 N–H and O–H groups in total. The van der Waals surface area contributed by atoms with Crippen LogP contribution in [0.1, 0.15) is 5.56 Å². The van der Waals surface area contributed by atoms with Crippen molar-refractivity contribution in [3.8, 4) is 5.82 Å². The van der Waals surface area contributed by atoms with E-state index in [0.717, 1.165) is 4.57 Å². The SMILES string of the molecule is O=c1sc2cc(S(=O)(=O)Cl)ccc2n1-c1ncc(C(F)(F)F)cc1Cl. The van der Waals surface area contributed by atoms with Crippen molar-refractivity contribution in [2.45, 2.75) is 11.1 Å². The number of pyridine rings is 1. The molecule has 0 saturated carbocycles. The Labute approximate surface area is 151 Å². The second-order valence-corrected chi connectivity index (χ2v) is 8.76. The van der Waals surface area contributed by atoms with E-state index in [1.54, 1.807) is 0 Å². The van der Waals surface area contributed by atoms with Gasteiger partial charge in [0.2, 0.25) is 0 Å². The van der Waals surface area contributed by atoms with Gasteiger partial charge in [0.15, 0.2) is 5.82 Å². The van der Waals surface area contributed by atoms with Crippen LogP contribution in [0, 0.1) is 0 Å². The van der Waals surface area contributed by atoms with Gasteiger partial charge in [0.05, 0.1) is 25.7 Å². The van der Waals surface area contributed by atoms with Crippen molar-refractivity contribution >= 4 is 52.9 Å². The summed E-state index contributed by atoms with van der Waals surface area (Å²) in [4.78, 5) is 15.1. The topological polar surface area (TPSA) is 69.0 Å². The molecule has 0 fully saturated rings. The van der Waals surface area contributed by atoms with Gasteiger partial charge >= 0.3 is 11.0 Å². The highest BCUT2D eigenvalue weighted by molar-refractivity contribution is 8.13. The van der Waals surface area contributed by atoms with E-state index in [1.165, 1.54) is 18.2 Å². The molecule has 1 aromatic carbocycles. The van der Waals surface area contributed by atoms with Crippen LogP contribution in [-0.2, 0) is 15.2 Å². The minimum atomic E-state index is -4.62. The molecule has 0 bridgehead atoms. The third-order valence-electron chi connectivity index (χ3n) is 3.19. The summed E-state index contributed by atoms with van der Waals surface area (Å²) in [5.41, 5.74) is -0.808. The first-order chi connectivity index (χ1) is 11.5. The van der Waals surface area contributed by atoms with Gasteiger partial charge in [-0.25, -0.2) is 18.0 Å². The first-order valence-corrected chi connectivity index (χ1v) is 9.82. The average Bonchev–Trinajstić information content (AvgIpc) is 2.80. The van der Waals surface area contributed by atoms with E-state index >= 15 is 0 Å². The average molecular weight is 429 g/mol. The van der Waals surface area contributed by atoms with Crippen LogP contribution in [0.4, 0.5) is 13.2 Å². The number of aromatic nitrogens is 2. The van der Waals surface area contributed by atoms with Crippen LogP contribution in [-0.4, -0.2) is 18.0 Å². The Bertz CT molecular complexity index is 1150. The lowest BCUT2D eigenvalue weighted by Gasteiger charge is -2.10. The molecule has 25 heavy (non-hydrogen) atoms. The molecule has 0 unspecified atom stereocenters. The molecule has 5 nitrogen and oxygen atoms in total. The van der Waals surface area contributed by atoms with Crippen molar-refractivity contribution in [1.82, 2.24) is 9.55 Å². The summed E-state index contributed by atoms with van der Waals surface area (Å²) in [5.74, 6) is -0.188. The van der Waals surface area contributed by atoms with Gasteiger partial charge in [0.1, 0.15) is 0 Å². The van der Waals surface area contributed by atoms with E-state index in [2.05, 4.69) is 4.98 Å². The van der Waals surface area contributed by atoms with Crippen molar-refractivity contribution in [3.63, 3.8) is 0 Å². The monoisotopic (exact) mass is 428 g/mol. The standard InChI is InChI=1S/C13H5Cl2F3N2O3S2/c14-8-3-6(13(16,17)18)5-19-11(8)20-9-2-1-7(25(15,22)23)4-10(9)24-12(20)21/h1-5H. The molecule has 2 heterocycles. The Balaban J connectivity index is 2.23. The zero-order valence-electron chi connectivity index (χ0n) is 11.7. The minimum Gasteiger partial charge on any atom is -0.256 e. The number of hydrogen-bond acceptors (Lipinski definition) is 5. The van der Waals surface area contributed by atoms with Crippen molar-refractivity contribution in [2.24, 2.45) is 0 Å². The first-order valence-electron chi connectivity index (χ1n) is 6.32. The molecule has 0 atom stereocenters. The van der Waals surface area contributed by atoms with E-state index in [0.29, 0.717) is 23.6 Å². The van der Waals surface area contributed by atoms with Gasteiger partial charge in [-0.3, -0.25) is 4.79 Å². The minimum absolute atomic E-state index is 0.188. The Morgan fingerprint density at radius 3 is 2.44 bits per heavy atom. The summed E-state index contributed by atoms with van der Waals surface area (Å²) in [6, 6.07) is 4.33. The number of halogens is 5. The third kappa shape index (κ3) is 3.39. The number of benzene rings is 1. The number of hydrogen-bond donors (Lipinski definition) is 0. The number of nitrogens with zero attached hydrogens (tertiary/aromatic N) is 2. The molecule has 3 aromatic rings. The molecule has 3 rings (SSSR count). The molecule has 132 valence electrons. The zero-order chi connectivity index (χ0) is 18.6. The van der Waals surface area contributed by atoms with Gasteiger partial charge in [-0.2, -0.15) is 13.2 Å². The van der Waals surface area contributed by atoms with Crippen LogP contribution in [0.25, 0.3) is 16.0 Å². The maximum atomic E-state index is 12.7. The quantitative estimate of drug-likeness (QED) is 0.577. The van der Waals surface area contributed by atoms with Crippen LogP contribution in [0.2, 0.25) is 5.02 Å². The fourth-order valence-electron chi connectivity index (χ4n) is 2.10. The third-order valence-corrected chi connectivity index (χ3v) is 5.73. The second-order valence-electron chi connectivity index (χ2n) is 4.80. The predicted octanol–water partition coefficient (Wildman–Crippen LogP) is 4.05. The number of alkyl halides is 3. The summed E-state index contributed by atoms with van der Waals surface area (Å²) in [6.07, 6.45) is -4.06. The predicted molar refractivity (Wildman–Crippen MR) is 88.3 cm³/mol. The Morgan fingerprint density at radius 2 is 1.88 bits per heavy atom. The molecule has 0 amide bonds. The van der Waals surface area contributed by atoms with E-state index in [-0.39, 0.29) is 26.0 Å². The van der Waals surface area contributed by atoms with Crippen molar-refractivity contribution in [3.05, 3.63) is 50.7 Å². The van der Waals surface area contributed by atoms with Crippen molar-refractivity contribution in [2.75, 3.05) is 0 Å². The van der Waals surface area contributed by atoms with Gasteiger partial charge in [-0.05, 0) is 24.3 Å². The van der Waals surface area contributed by atoms with E-state index in [4.69, 9.17) is 22.3 Å². The van der Waals surface area contributed by atoms with Crippen LogP contribution >= 0.6 is 33.6 Å². The summed E-state index contributed by atoms with van der Waals surface area (Å²) in [5, 5.41) is -0.370. The van der Waals surface area contributed by atoms with E-state index in [9.17, 15) is 26.4 Å². The fraction of sp³-hybridized carbons (Fsp3) is 0.0769. The highest BCUT2D eigenvalue weighted by Gasteiger charge is 2.32.